The molecule has 0 unspecified atom stereocenters. The molecular formula is C19H20N4O3S. The van der Waals surface area contributed by atoms with E-state index in [2.05, 4.69) is 10.3 Å². The standard InChI is InChI=1S/C19H20N4O3S/c20-12-15-3-5-17(6-4-15)19(24)22-13-16-7-10-23(11-8-16)27(25,26)18-2-1-9-21-14-18/h1-6,9,14,16H,7-8,10-11,13H2,(H,22,24). The van der Waals surface area contributed by atoms with Crippen molar-refractivity contribution < 1.29 is 13.2 Å². The lowest BCUT2D eigenvalue weighted by Gasteiger charge is -2.31. The van der Waals surface area contributed by atoms with Crippen molar-refractivity contribution in [2.45, 2.75) is 17.7 Å². The van der Waals surface area contributed by atoms with Gasteiger partial charge in [0.25, 0.3) is 5.91 Å². The predicted molar refractivity (Wildman–Crippen MR) is 99.2 cm³/mol. The van der Waals surface area contributed by atoms with Gasteiger partial charge < -0.3 is 5.32 Å². The van der Waals surface area contributed by atoms with E-state index < -0.39 is 10.0 Å². The van der Waals surface area contributed by atoms with Crippen LogP contribution < -0.4 is 5.32 Å². The van der Waals surface area contributed by atoms with Crippen LogP contribution in [0.1, 0.15) is 28.8 Å². The van der Waals surface area contributed by atoms with Gasteiger partial charge in [0.15, 0.2) is 0 Å². The Morgan fingerprint density at radius 3 is 2.52 bits per heavy atom. The van der Waals surface area contributed by atoms with E-state index in [0.717, 1.165) is 0 Å². The molecule has 0 saturated carbocycles. The Morgan fingerprint density at radius 1 is 1.22 bits per heavy atom. The molecule has 1 amide bonds. The van der Waals surface area contributed by atoms with Crippen molar-refractivity contribution in [1.29, 1.82) is 5.26 Å². The third kappa shape index (κ3) is 4.51. The lowest BCUT2D eigenvalue weighted by Crippen LogP contribution is -2.41. The van der Waals surface area contributed by atoms with Gasteiger partial charge in [-0.2, -0.15) is 9.57 Å². The Kier molecular flexibility index (Phi) is 5.84. The average Bonchev–Trinajstić information content (AvgIpc) is 2.73. The lowest BCUT2D eigenvalue weighted by molar-refractivity contribution is 0.0941. The monoisotopic (exact) mass is 384 g/mol. The Balaban J connectivity index is 1.51. The minimum absolute atomic E-state index is 0.190. The highest BCUT2D eigenvalue weighted by Gasteiger charge is 2.29. The van der Waals surface area contributed by atoms with Crippen molar-refractivity contribution in [3.05, 3.63) is 59.9 Å². The largest absolute Gasteiger partial charge is 0.352 e. The number of hydrogen-bond donors (Lipinski definition) is 1. The van der Waals surface area contributed by atoms with Crippen LogP contribution in [0.15, 0.2) is 53.7 Å². The molecule has 2 heterocycles. The van der Waals surface area contributed by atoms with E-state index in [9.17, 15) is 13.2 Å². The van der Waals surface area contributed by atoms with Gasteiger partial charge in [0.05, 0.1) is 11.6 Å². The van der Waals surface area contributed by atoms with E-state index in [1.54, 1.807) is 42.6 Å². The molecule has 3 rings (SSSR count). The zero-order valence-electron chi connectivity index (χ0n) is 14.7. The van der Waals surface area contributed by atoms with E-state index in [0.29, 0.717) is 43.6 Å². The number of sulfonamides is 1. The molecule has 1 aromatic heterocycles. The average molecular weight is 384 g/mol. The van der Waals surface area contributed by atoms with Crippen molar-refractivity contribution >= 4 is 15.9 Å². The van der Waals surface area contributed by atoms with Crippen LogP contribution in [-0.2, 0) is 10.0 Å². The quantitative estimate of drug-likeness (QED) is 0.846. The number of nitrogens with one attached hydrogen (secondary N) is 1. The molecule has 0 spiro atoms. The highest BCUT2D eigenvalue weighted by atomic mass is 32.2. The molecule has 0 atom stereocenters. The first-order valence-electron chi connectivity index (χ1n) is 8.69. The van der Waals surface area contributed by atoms with Gasteiger partial charge in [-0.15, -0.1) is 0 Å². The Hall–Kier alpha value is -2.76. The van der Waals surface area contributed by atoms with Gasteiger partial charge in [-0.25, -0.2) is 8.42 Å². The van der Waals surface area contributed by atoms with Crippen LogP contribution in [0.4, 0.5) is 0 Å². The maximum absolute atomic E-state index is 12.6. The van der Waals surface area contributed by atoms with Crippen molar-refractivity contribution in [2.75, 3.05) is 19.6 Å². The zero-order chi connectivity index (χ0) is 19.3. The highest BCUT2D eigenvalue weighted by Crippen LogP contribution is 2.23. The molecule has 1 aliphatic heterocycles. The van der Waals surface area contributed by atoms with Crippen LogP contribution in [0.3, 0.4) is 0 Å². The minimum atomic E-state index is -3.51. The number of piperidine rings is 1. The third-order valence-electron chi connectivity index (χ3n) is 4.67. The van der Waals surface area contributed by atoms with Crippen LogP contribution in [-0.4, -0.2) is 43.2 Å². The van der Waals surface area contributed by atoms with Crippen molar-refractivity contribution in [3.8, 4) is 6.07 Å². The summed E-state index contributed by atoms with van der Waals surface area (Å²) in [6.45, 7) is 1.35. The zero-order valence-corrected chi connectivity index (χ0v) is 15.5. The number of carbonyl (C=O) groups excluding carboxylic acids is 1. The van der Waals surface area contributed by atoms with E-state index in [1.165, 1.54) is 10.5 Å². The predicted octanol–water partition coefficient (Wildman–Crippen LogP) is 1.78. The summed E-state index contributed by atoms with van der Waals surface area (Å²) in [7, 11) is -3.51. The third-order valence-corrected chi connectivity index (χ3v) is 6.56. The molecule has 0 radical (unpaired) electrons. The summed E-state index contributed by atoms with van der Waals surface area (Å²) >= 11 is 0. The topological polar surface area (TPSA) is 103 Å². The summed E-state index contributed by atoms with van der Waals surface area (Å²) in [5.74, 6) is 0.0394. The number of rotatable bonds is 5. The van der Waals surface area contributed by atoms with E-state index in [1.807, 2.05) is 6.07 Å². The molecule has 1 aliphatic rings. The molecule has 27 heavy (non-hydrogen) atoms. The van der Waals surface area contributed by atoms with Gasteiger partial charge in [0.2, 0.25) is 10.0 Å². The summed E-state index contributed by atoms with van der Waals surface area (Å²) in [6.07, 6.45) is 4.28. The number of aromatic nitrogens is 1. The van der Waals surface area contributed by atoms with Gasteiger partial charge in [-0.05, 0) is 55.2 Å². The van der Waals surface area contributed by atoms with E-state index in [4.69, 9.17) is 5.26 Å². The first-order chi connectivity index (χ1) is 13.0. The fraction of sp³-hybridized carbons (Fsp3) is 0.316. The molecule has 1 aromatic carbocycles. The van der Waals surface area contributed by atoms with Gasteiger partial charge >= 0.3 is 0 Å². The Morgan fingerprint density at radius 2 is 1.93 bits per heavy atom. The normalized spacial score (nSPS) is 15.8. The summed E-state index contributed by atoms with van der Waals surface area (Å²) < 4.78 is 26.7. The van der Waals surface area contributed by atoms with Gasteiger partial charge in [0, 0.05) is 37.6 Å². The molecular weight excluding hydrogens is 364 g/mol. The number of benzene rings is 1. The number of amides is 1. The number of carbonyl (C=O) groups is 1. The van der Waals surface area contributed by atoms with Crippen molar-refractivity contribution in [2.24, 2.45) is 5.92 Å². The maximum atomic E-state index is 12.6. The number of nitrogens with zero attached hydrogens (tertiary/aromatic N) is 3. The van der Waals surface area contributed by atoms with Gasteiger partial charge in [-0.3, -0.25) is 9.78 Å². The first kappa shape index (κ1) is 19.0. The SMILES string of the molecule is N#Cc1ccc(C(=O)NCC2CCN(S(=O)(=O)c3cccnc3)CC2)cc1. The second-order valence-electron chi connectivity index (χ2n) is 6.44. The Labute approximate surface area is 158 Å². The first-order valence-corrected chi connectivity index (χ1v) is 10.1. The highest BCUT2D eigenvalue weighted by molar-refractivity contribution is 7.89. The van der Waals surface area contributed by atoms with Crippen LogP contribution >= 0.6 is 0 Å². The van der Waals surface area contributed by atoms with Crippen molar-refractivity contribution in [3.63, 3.8) is 0 Å². The fourth-order valence-electron chi connectivity index (χ4n) is 3.04. The summed E-state index contributed by atoms with van der Waals surface area (Å²) in [6, 6.07) is 11.6. The second-order valence-corrected chi connectivity index (χ2v) is 8.37. The molecule has 1 N–H and O–H groups in total. The summed E-state index contributed by atoms with van der Waals surface area (Å²) in [4.78, 5) is 16.3. The molecule has 7 nitrogen and oxygen atoms in total. The molecule has 2 aromatic rings. The smallest absolute Gasteiger partial charge is 0.251 e. The molecule has 1 saturated heterocycles. The Bertz CT molecular complexity index is 929. The maximum Gasteiger partial charge on any atom is 0.251 e. The fourth-order valence-corrected chi connectivity index (χ4v) is 4.47. The minimum Gasteiger partial charge on any atom is -0.352 e. The molecule has 0 bridgehead atoms. The molecule has 0 aliphatic carbocycles. The lowest BCUT2D eigenvalue weighted by atomic mass is 9.98. The van der Waals surface area contributed by atoms with Crippen molar-refractivity contribution in [1.82, 2.24) is 14.6 Å². The summed E-state index contributed by atoms with van der Waals surface area (Å²) in [5.41, 5.74) is 1.01. The van der Waals surface area contributed by atoms with E-state index in [-0.39, 0.29) is 16.7 Å². The number of pyridine rings is 1. The van der Waals surface area contributed by atoms with Crippen LogP contribution in [0.2, 0.25) is 0 Å². The van der Waals surface area contributed by atoms with E-state index >= 15 is 0 Å². The second kappa shape index (κ2) is 8.29. The summed E-state index contributed by atoms with van der Waals surface area (Å²) in [5, 5.41) is 11.7. The molecule has 8 heteroatoms. The molecule has 140 valence electrons. The van der Waals surface area contributed by atoms with Crippen LogP contribution in [0.5, 0.6) is 0 Å². The van der Waals surface area contributed by atoms with Crippen LogP contribution in [0.25, 0.3) is 0 Å². The number of hydrogen-bond acceptors (Lipinski definition) is 5. The van der Waals surface area contributed by atoms with Gasteiger partial charge in [0.1, 0.15) is 4.90 Å². The number of nitriles is 1. The van der Waals surface area contributed by atoms with Crippen LogP contribution in [0, 0.1) is 17.2 Å². The molecule has 1 fully saturated rings. The van der Waals surface area contributed by atoms with Gasteiger partial charge in [-0.1, -0.05) is 0 Å².